The van der Waals surface area contributed by atoms with Gasteiger partial charge in [0.25, 0.3) is 0 Å². The molecule has 1 aliphatic heterocycles. The first-order valence-corrected chi connectivity index (χ1v) is 3.40. The molecule has 1 aliphatic rings. The first-order chi connectivity index (χ1) is 4.88. The van der Waals surface area contributed by atoms with Crippen LogP contribution in [-0.4, -0.2) is 0 Å². The van der Waals surface area contributed by atoms with Gasteiger partial charge in [0.2, 0.25) is 0 Å². The van der Waals surface area contributed by atoms with Gasteiger partial charge in [0.1, 0.15) is 0 Å². The Hall–Kier alpha value is -0.820. The third kappa shape index (κ3) is 0.745. The van der Waals surface area contributed by atoms with Crippen LogP contribution in [0.1, 0.15) is 17.2 Å². The summed E-state index contributed by atoms with van der Waals surface area (Å²) in [5, 5.41) is 0. The smallest absolute Gasteiger partial charge is 0.0834 e. The Labute approximate surface area is 60.6 Å². The van der Waals surface area contributed by atoms with Gasteiger partial charge in [0.15, 0.2) is 0 Å². The van der Waals surface area contributed by atoms with Crippen LogP contribution in [-0.2, 0) is 11.3 Å². The molecule has 10 heavy (non-hydrogen) atoms. The van der Waals surface area contributed by atoms with E-state index in [2.05, 4.69) is 19.1 Å². The van der Waals surface area contributed by atoms with Crippen LogP contribution >= 0.6 is 0 Å². The molecule has 0 aliphatic carbocycles. The van der Waals surface area contributed by atoms with E-state index in [0.717, 1.165) is 6.61 Å². The number of benzene rings is 1. The molecule has 0 N–H and O–H groups in total. The SMILES string of the molecule is [CH2]C1OCc2ccccc21. The number of fused-ring (bicyclic) bond motifs is 1. The first kappa shape index (κ1) is 5.93. The molecule has 51 valence electrons. The standard InChI is InChI=1S/C9H9O/c1-7-9-5-3-2-4-8(9)6-10-7/h2-5,7H,1,6H2. The minimum absolute atomic E-state index is 0.0520. The molecule has 0 aromatic heterocycles. The van der Waals surface area contributed by atoms with E-state index in [1.807, 2.05) is 12.1 Å². The molecule has 1 heteroatoms. The third-order valence-electron chi connectivity index (χ3n) is 1.84. The highest BCUT2D eigenvalue weighted by atomic mass is 16.5. The lowest BCUT2D eigenvalue weighted by Crippen LogP contribution is -1.86. The van der Waals surface area contributed by atoms with Gasteiger partial charge >= 0.3 is 0 Å². The average molecular weight is 133 g/mol. The number of hydrogen-bond donors (Lipinski definition) is 0. The summed E-state index contributed by atoms with van der Waals surface area (Å²) >= 11 is 0. The van der Waals surface area contributed by atoms with Gasteiger partial charge in [-0.15, -0.1) is 0 Å². The highest BCUT2D eigenvalue weighted by molar-refractivity contribution is 5.31. The zero-order chi connectivity index (χ0) is 6.97. The predicted molar refractivity (Wildman–Crippen MR) is 39.3 cm³/mol. The molecule has 1 heterocycles. The molecule has 1 atom stereocenters. The predicted octanol–water partition coefficient (Wildman–Crippen LogP) is 2.09. The molecule has 0 fully saturated rings. The van der Waals surface area contributed by atoms with Crippen molar-refractivity contribution in [3.63, 3.8) is 0 Å². The molecule has 2 rings (SSSR count). The van der Waals surface area contributed by atoms with Crippen molar-refractivity contribution in [2.75, 3.05) is 0 Å². The lowest BCUT2D eigenvalue weighted by Gasteiger charge is -2.00. The summed E-state index contributed by atoms with van der Waals surface area (Å²) in [4.78, 5) is 0. The van der Waals surface area contributed by atoms with Gasteiger partial charge < -0.3 is 4.74 Å². The summed E-state index contributed by atoms with van der Waals surface area (Å²) in [6, 6.07) is 8.20. The fraction of sp³-hybridized carbons (Fsp3) is 0.222. The summed E-state index contributed by atoms with van der Waals surface area (Å²) in [7, 11) is 0. The van der Waals surface area contributed by atoms with Gasteiger partial charge in [-0.2, -0.15) is 0 Å². The zero-order valence-corrected chi connectivity index (χ0v) is 5.71. The van der Waals surface area contributed by atoms with Gasteiger partial charge in [0.05, 0.1) is 12.7 Å². The summed E-state index contributed by atoms with van der Waals surface area (Å²) in [6.07, 6.45) is 0.0520. The third-order valence-corrected chi connectivity index (χ3v) is 1.84. The lowest BCUT2D eigenvalue weighted by molar-refractivity contribution is 0.0973. The van der Waals surface area contributed by atoms with Crippen molar-refractivity contribution in [3.05, 3.63) is 42.3 Å². The fourth-order valence-electron chi connectivity index (χ4n) is 1.26. The monoisotopic (exact) mass is 133 g/mol. The Morgan fingerprint density at radius 3 is 3.00 bits per heavy atom. The minimum atomic E-state index is 0.0520. The average Bonchev–Trinajstić information content (AvgIpc) is 2.34. The van der Waals surface area contributed by atoms with E-state index in [1.54, 1.807) is 0 Å². The van der Waals surface area contributed by atoms with Crippen molar-refractivity contribution < 1.29 is 4.74 Å². The topological polar surface area (TPSA) is 9.23 Å². The summed E-state index contributed by atoms with van der Waals surface area (Å²) in [5.41, 5.74) is 2.52. The van der Waals surface area contributed by atoms with Gasteiger partial charge in [-0.25, -0.2) is 0 Å². The molecule has 1 aromatic carbocycles. The van der Waals surface area contributed by atoms with Crippen LogP contribution in [0, 0.1) is 6.92 Å². The second-order valence-electron chi connectivity index (χ2n) is 2.50. The Kier molecular flexibility index (Phi) is 1.24. The van der Waals surface area contributed by atoms with Gasteiger partial charge in [0, 0.05) is 0 Å². The van der Waals surface area contributed by atoms with Crippen LogP contribution < -0.4 is 0 Å². The largest absolute Gasteiger partial charge is 0.369 e. The fourth-order valence-corrected chi connectivity index (χ4v) is 1.26. The van der Waals surface area contributed by atoms with E-state index in [0.29, 0.717) is 0 Å². The summed E-state index contributed by atoms with van der Waals surface area (Å²) in [6.45, 7) is 4.58. The number of ether oxygens (including phenoxy) is 1. The Morgan fingerprint density at radius 1 is 1.40 bits per heavy atom. The van der Waals surface area contributed by atoms with Crippen molar-refractivity contribution in [2.24, 2.45) is 0 Å². The van der Waals surface area contributed by atoms with Crippen molar-refractivity contribution in [3.8, 4) is 0 Å². The van der Waals surface area contributed by atoms with Crippen LogP contribution in [0.25, 0.3) is 0 Å². The number of hydrogen-bond acceptors (Lipinski definition) is 1. The van der Waals surface area contributed by atoms with E-state index in [4.69, 9.17) is 4.74 Å². The minimum Gasteiger partial charge on any atom is -0.369 e. The highest BCUT2D eigenvalue weighted by Crippen LogP contribution is 2.28. The molecule has 0 spiro atoms. The molecule has 0 saturated carbocycles. The number of rotatable bonds is 0. The van der Waals surface area contributed by atoms with Crippen LogP contribution in [0.15, 0.2) is 24.3 Å². The zero-order valence-electron chi connectivity index (χ0n) is 5.71. The highest BCUT2D eigenvalue weighted by Gasteiger charge is 2.17. The van der Waals surface area contributed by atoms with E-state index < -0.39 is 0 Å². The molecule has 0 bridgehead atoms. The molecule has 1 unspecified atom stereocenters. The summed E-state index contributed by atoms with van der Waals surface area (Å²) < 4.78 is 5.31. The molecule has 0 amide bonds. The maximum atomic E-state index is 5.31. The second kappa shape index (κ2) is 2.10. The van der Waals surface area contributed by atoms with Gasteiger partial charge in [-0.1, -0.05) is 24.3 Å². The Morgan fingerprint density at radius 2 is 2.20 bits per heavy atom. The lowest BCUT2D eigenvalue weighted by atomic mass is 10.1. The molecule has 1 aromatic rings. The Bertz CT molecular complexity index is 242. The maximum absolute atomic E-state index is 5.31. The van der Waals surface area contributed by atoms with E-state index in [9.17, 15) is 0 Å². The first-order valence-electron chi connectivity index (χ1n) is 3.40. The quantitative estimate of drug-likeness (QED) is 0.526. The molecule has 0 saturated heterocycles. The molecule has 1 nitrogen and oxygen atoms in total. The molecular weight excluding hydrogens is 124 g/mol. The normalized spacial score (nSPS) is 22.7. The van der Waals surface area contributed by atoms with Crippen molar-refractivity contribution >= 4 is 0 Å². The van der Waals surface area contributed by atoms with Crippen molar-refractivity contribution in [1.82, 2.24) is 0 Å². The van der Waals surface area contributed by atoms with E-state index >= 15 is 0 Å². The van der Waals surface area contributed by atoms with Crippen LogP contribution in [0.3, 0.4) is 0 Å². The summed E-state index contributed by atoms with van der Waals surface area (Å²) in [5.74, 6) is 0. The van der Waals surface area contributed by atoms with E-state index in [-0.39, 0.29) is 6.10 Å². The maximum Gasteiger partial charge on any atom is 0.0834 e. The van der Waals surface area contributed by atoms with Crippen LogP contribution in [0.4, 0.5) is 0 Å². The van der Waals surface area contributed by atoms with Gasteiger partial charge in [-0.3, -0.25) is 0 Å². The van der Waals surface area contributed by atoms with E-state index in [1.165, 1.54) is 11.1 Å². The molecular formula is C9H9O. The van der Waals surface area contributed by atoms with Crippen LogP contribution in [0.2, 0.25) is 0 Å². The molecule has 1 radical (unpaired) electrons. The van der Waals surface area contributed by atoms with Crippen molar-refractivity contribution in [1.29, 1.82) is 0 Å². The van der Waals surface area contributed by atoms with Crippen molar-refractivity contribution in [2.45, 2.75) is 12.7 Å². The van der Waals surface area contributed by atoms with Crippen LogP contribution in [0.5, 0.6) is 0 Å². The Balaban J connectivity index is 2.51. The second-order valence-corrected chi connectivity index (χ2v) is 2.50. The van der Waals surface area contributed by atoms with Gasteiger partial charge in [-0.05, 0) is 18.1 Å².